The molecule has 2 saturated heterocycles. The molecule has 3 heterocycles. The van der Waals surface area contributed by atoms with Crippen LogP contribution in [0.5, 0.6) is 0 Å². The summed E-state index contributed by atoms with van der Waals surface area (Å²) in [4.78, 5) is 26.6. The smallest absolute Gasteiger partial charge is 0.273 e. The number of nitrogens with one attached hydrogen (secondary N) is 2. The van der Waals surface area contributed by atoms with Crippen molar-refractivity contribution in [1.29, 1.82) is 0 Å². The van der Waals surface area contributed by atoms with Crippen LogP contribution < -0.4 is 10.6 Å². The number of piperidine rings is 1. The Labute approximate surface area is 154 Å². The number of nitrogens with zero attached hydrogens (tertiary/aromatic N) is 4. The summed E-state index contributed by atoms with van der Waals surface area (Å²) in [6, 6.07) is 0.301. The number of carbonyl (C=O) groups is 2. The van der Waals surface area contributed by atoms with Gasteiger partial charge in [-0.1, -0.05) is 18.1 Å². The maximum atomic E-state index is 12.4. The van der Waals surface area contributed by atoms with Crippen LogP contribution in [0.1, 0.15) is 67.2 Å². The Morgan fingerprint density at radius 3 is 2.54 bits per heavy atom. The number of likely N-dealkylation sites (tertiary alicyclic amines) is 1. The lowest BCUT2D eigenvalue weighted by atomic mass is 10.1. The van der Waals surface area contributed by atoms with Crippen molar-refractivity contribution in [3.8, 4) is 0 Å². The van der Waals surface area contributed by atoms with Crippen molar-refractivity contribution in [2.45, 2.75) is 57.9 Å². The Kier molecular flexibility index (Phi) is 6.60. The minimum absolute atomic E-state index is 0.127. The van der Waals surface area contributed by atoms with Gasteiger partial charge in [0.25, 0.3) is 5.91 Å². The molecule has 2 aliphatic rings. The highest BCUT2D eigenvalue weighted by Crippen LogP contribution is 2.20. The van der Waals surface area contributed by atoms with E-state index in [1.165, 1.54) is 12.8 Å². The standard InChI is InChI=1S/C18H30N6O2/c1-14-17(21-22-24(14)15-6-9-19-10-7-15)18(26)20-11-8-16(25)23-12-4-2-3-5-13-23/h15,19H,2-13H2,1H3,(H,20,26). The third kappa shape index (κ3) is 4.60. The van der Waals surface area contributed by atoms with Crippen molar-refractivity contribution in [1.82, 2.24) is 30.5 Å². The van der Waals surface area contributed by atoms with E-state index in [0.717, 1.165) is 57.6 Å². The molecule has 8 heteroatoms. The van der Waals surface area contributed by atoms with Gasteiger partial charge in [0.05, 0.1) is 11.7 Å². The second-order valence-electron chi connectivity index (χ2n) is 7.25. The van der Waals surface area contributed by atoms with Gasteiger partial charge >= 0.3 is 0 Å². The zero-order valence-corrected chi connectivity index (χ0v) is 15.7. The van der Waals surface area contributed by atoms with Gasteiger partial charge in [0.2, 0.25) is 5.91 Å². The molecular formula is C18H30N6O2. The predicted octanol–water partition coefficient (Wildman–Crippen LogP) is 1.03. The molecule has 0 saturated carbocycles. The number of rotatable bonds is 5. The maximum absolute atomic E-state index is 12.4. The molecule has 2 aliphatic heterocycles. The van der Waals surface area contributed by atoms with E-state index in [0.29, 0.717) is 24.7 Å². The van der Waals surface area contributed by atoms with E-state index >= 15 is 0 Å². The Morgan fingerprint density at radius 1 is 1.15 bits per heavy atom. The van der Waals surface area contributed by atoms with E-state index in [4.69, 9.17) is 0 Å². The molecule has 0 unspecified atom stereocenters. The quantitative estimate of drug-likeness (QED) is 0.816. The molecule has 0 spiro atoms. The zero-order chi connectivity index (χ0) is 18.4. The monoisotopic (exact) mass is 362 g/mol. The molecule has 2 N–H and O–H groups in total. The molecule has 144 valence electrons. The van der Waals surface area contributed by atoms with Crippen LogP contribution in [0.4, 0.5) is 0 Å². The van der Waals surface area contributed by atoms with Crippen LogP contribution in [0.2, 0.25) is 0 Å². The van der Waals surface area contributed by atoms with Crippen molar-refractivity contribution in [3.05, 3.63) is 11.4 Å². The van der Waals surface area contributed by atoms with E-state index in [1.54, 1.807) is 0 Å². The first kappa shape index (κ1) is 18.8. The third-order valence-corrected chi connectivity index (χ3v) is 5.38. The topological polar surface area (TPSA) is 92.2 Å². The second-order valence-corrected chi connectivity index (χ2v) is 7.25. The number of hydrogen-bond donors (Lipinski definition) is 2. The molecule has 3 rings (SSSR count). The Morgan fingerprint density at radius 2 is 1.85 bits per heavy atom. The van der Waals surface area contributed by atoms with Crippen LogP contribution in [-0.4, -0.2) is 64.4 Å². The number of aromatic nitrogens is 3. The first-order chi connectivity index (χ1) is 12.7. The van der Waals surface area contributed by atoms with Crippen LogP contribution in [0.3, 0.4) is 0 Å². The number of carbonyl (C=O) groups excluding carboxylic acids is 2. The number of hydrogen-bond acceptors (Lipinski definition) is 5. The molecule has 0 bridgehead atoms. The third-order valence-electron chi connectivity index (χ3n) is 5.38. The van der Waals surface area contributed by atoms with Gasteiger partial charge in [-0.05, 0) is 45.7 Å². The second kappa shape index (κ2) is 9.12. The average Bonchev–Trinajstić information content (AvgIpc) is 2.86. The van der Waals surface area contributed by atoms with E-state index < -0.39 is 0 Å². The minimum atomic E-state index is -0.244. The van der Waals surface area contributed by atoms with Gasteiger partial charge in [-0.2, -0.15) is 0 Å². The summed E-state index contributed by atoms with van der Waals surface area (Å²) in [6.07, 6.45) is 6.89. The SMILES string of the molecule is Cc1c(C(=O)NCCC(=O)N2CCCCCC2)nnn1C1CCNCC1. The van der Waals surface area contributed by atoms with Crippen LogP contribution in [0, 0.1) is 6.92 Å². The summed E-state index contributed by atoms with van der Waals surface area (Å²) in [6.45, 7) is 5.84. The van der Waals surface area contributed by atoms with Gasteiger partial charge in [0.1, 0.15) is 0 Å². The van der Waals surface area contributed by atoms with Gasteiger partial charge < -0.3 is 15.5 Å². The highest BCUT2D eigenvalue weighted by molar-refractivity contribution is 5.93. The predicted molar refractivity (Wildman–Crippen MR) is 97.9 cm³/mol. The summed E-state index contributed by atoms with van der Waals surface area (Å²) >= 11 is 0. The molecule has 1 aromatic heterocycles. The lowest BCUT2D eigenvalue weighted by Gasteiger charge is -2.23. The molecule has 0 atom stereocenters. The van der Waals surface area contributed by atoms with E-state index in [9.17, 15) is 9.59 Å². The van der Waals surface area contributed by atoms with Gasteiger partial charge in [-0.15, -0.1) is 5.10 Å². The summed E-state index contributed by atoms with van der Waals surface area (Å²) in [5.74, 6) is -0.117. The molecule has 0 aliphatic carbocycles. The Bertz CT molecular complexity index is 615. The van der Waals surface area contributed by atoms with Gasteiger partial charge in [0.15, 0.2) is 5.69 Å². The molecule has 0 aromatic carbocycles. The summed E-state index contributed by atoms with van der Waals surface area (Å²) in [5, 5.41) is 14.4. The lowest BCUT2D eigenvalue weighted by Crippen LogP contribution is -2.35. The van der Waals surface area contributed by atoms with Crippen LogP contribution in [0.15, 0.2) is 0 Å². The summed E-state index contributed by atoms with van der Waals surface area (Å²) < 4.78 is 1.87. The van der Waals surface area contributed by atoms with Gasteiger partial charge in [-0.25, -0.2) is 4.68 Å². The van der Waals surface area contributed by atoms with Crippen LogP contribution in [-0.2, 0) is 4.79 Å². The molecule has 26 heavy (non-hydrogen) atoms. The fourth-order valence-electron chi connectivity index (χ4n) is 3.79. The van der Waals surface area contributed by atoms with Crippen molar-refractivity contribution < 1.29 is 9.59 Å². The van der Waals surface area contributed by atoms with Gasteiger partial charge in [0, 0.05) is 26.1 Å². The average molecular weight is 362 g/mol. The summed E-state index contributed by atoms with van der Waals surface area (Å²) in [5.41, 5.74) is 1.17. The van der Waals surface area contributed by atoms with Crippen molar-refractivity contribution >= 4 is 11.8 Å². The fraction of sp³-hybridized carbons (Fsp3) is 0.778. The van der Waals surface area contributed by atoms with Crippen LogP contribution in [0.25, 0.3) is 0 Å². The normalized spacial score (nSPS) is 19.2. The van der Waals surface area contributed by atoms with Crippen molar-refractivity contribution in [3.63, 3.8) is 0 Å². The number of amides is 2. The minimum Gasteiger partial charge on any atom is -0.350 e. The molecule has 1 aromatic rings. The van der Waals surface area contributed by atoms with Gasteiger partial charge in [-0.3, -0.25) is 9.59 Å². The van der Waals surface area contributed by atoms with Crippen molar-refractivity contribution in [2.24, 2.45) is 0 Å². The molecule has 8 nitrogen and oxygen atoms in total. The first-order valence-corrected chi connectivity index (χ1v) is 9.85. The molecular weight excluding hydrogens is 332 g/mol. The highest BCUT2D eigenvalue weighted by Gasteiger charge is 2.23. The maximum Gasteiger partial charge on any atom is 0.273 e. The first-order valence-electron chi connectivity index (χ1n) is 9.85. The highest BCUT2D eigenvalue weighted by atomic mass is 16.2. The lowest BCUT2D eigenvalue weighted by molar-refractivity contribution is -0.131. The Balaban J connectivity index is 1.49. The Hall–Kier alpha value is -1.96. The molecule has 2 fully saturated rings. The molecule has 0 radical (unpaired) electrons. The fourth-order valence-corrected chi connectivity index (χ4v) is 3.79. The van der Waals surface area contributed by atoms with Crippen LogP contribution >= 0.6 is 0 Å². The van der Waals surface area contributed by atoms with E-state index in [-0.39, 0.29) is 11.8 Å². The molecule has 2 amide bonds. The summed E-state index contributed by atoms with van der Waals surface area (Å²) in [7, 11) is 0. The largest absolute Gasteiger partial charge is 0.350 e. The van der Waals surface area contributed by atoms with Crippen molar-refractivity contribution in [2.75, 3.05) is 32.7 Å². The van der Waals surface area contributed by atoms with E-state index in [2.05, 4.69) is 20.9 Å². The van der Waals surface area contributed by atoms with E-state index in [1.807, 2.05) is 16.5 Å². The zero-order valence-electron chi connectivity index (χ0n) is 15.7.